The molecule has 1 N–H and O–H groups in total. The summed E-state index contributed by atoms with van der Waals surface area (Å²) >= 11 is 2.28. The SMILES string of the molecule is O=c1ccc(-n2c(SCc3ccc(C(F)(F)F)cc3)nc3ncsc3c2=O)n[nH]1. The van der Waals surface area contributed by atoms with Crippen LogP contribution in [0.5, 0.6) is 0 Å². The van der Waals surface area contributed by atoms with Gasteiger partial charge in [-0.15, -0.1) is 11.3 Å². The Hall–Kier alpha value is -2.99. The Morgan fingerprint density at radius 2 is 1.86 bits per heavy atom. The first-order valence-corrected chi connectivity index (χ1v) is 9.91. The van der Waals surface area contributed by atoms with Crippen LogP contribution in [0.4, 0.5) is 13.2 Å². The van der Waals surface area contributed by atoms with Gasteiger partial charge in [-0.05, 0) is 23.8 Å². The van der Waals surface area contributed by atoms with Crippen LogP contribution in [0.15, 0.2) is 56.7 Å². The number of alkyl halides is 3. The lowest BCUT2D eigenvalue weighted by Gasteiger charge is -2.11. The van der Waals surface area contributed by atoms with Crippen molar-refractivity contribution in [2.24, 2.45) is 0 Å². The largest absolute Gasteiger partial charge is 0.416 e. The maximum Gasteiger partial charge on any atom is 0.416 e. The van der Waals surface area contributed by atoms with Crippen LogP contribution in [0.2, 0.25) is 0 Å². The number of thioether (sulfide) groups is 1. The Bertz CT molecular complexity index is 1280. The van der Waals surface area contributed by atoms with Crippen molar-refractivity contribution in [2.45, 2.75) is 17.1 Å². The summed E-state index contributed by atoms with van der Waals surface area (Å²) in [6, 6.07) is 7.37. The fourth-order valence-corrected chi connectivity index (χ4v) is 4.09. The molecule has 0 fully saturated rings. The molecule has 0 unspecified atom stereocenters. The van der Waals surface area contributed by atoms with E-state index in [2.05, 4.69) is 20.2 Å². The van der Waals surface area contributed by atoms with Gasteiger partial charge >= 0.3 is 6.18 Å². The standard InChI is InChI=1S/C17H10F3N5O2S2/c18-17(19,20)10-3-1-9(2-4-10)7-28-16-22-14-13(29-8-21-14)15(27)25(16)11-5-6-12(26)24-23-11/h1-6,8H,7H2,(H,24,26). The lowest BCUT2D eigenvalue weighted by molar-refractivity contribution is -0.137. The Morgan fingerprint density at radius 3 is 2.52 bits per heavy atom. The smallest absolute Gasteiger partial charge is 0.268 e. The first-order valence-electron chi connectivity index (χ1n) is 8.04. The van der Waals surface area contributed by atoms with Gasteiger partial charge in [0.25, 0.3) is 11.1 Å². The molecular weight excluding hydrogens is 427 g/mol. The summed E-state index contributed by atoms with van der Waals surface area (Å²) in [5, 5.41) is 6.41. The Kier molecular flexibility index (Phi) is 4.96. The van der Waals surface area contributed by atoms with E-state index >= 15 is 0 Å². The number of fused-ring (bicyclic) bond motifs is 1. The molecule has 12 heteroatoms. The number of aromatic nitrogens is 5. The van der Waals surface area contributed by atoms with Gasteiger partial charge in [-0.2, -0.15) is 18.3 Å². The monoisotopic (exact) mass is 437 g/mol. The average Bonchev–Trinajstić information content (AvgIpc) is 3.16. The zero-order valence-electron chi connectivity index (χ0n) is 14.3. The summed E-state index contributed by atoms with van der Waals surface area (Å²) in [4.78, 5) is 32.6. The zero-order valence-corrected chi connectivity index (χ0v) is 15.9. The van der Waals surface area contributed by atoms with Crippen LogP contribution in [0.3, 0.4) is 0 Å². The van der Waals surface area contributed by atoms with Crippen molar-refractivity contribution in [2.75, 3.05) is 0 Å². The number of hydrogen-bond acceptors (Lipinski definition) is 7. The molecule has 0 aliphatic carbocycles. The lowest BCUT2D eigenvalue weighted by Crippen LogP contribution is -2.23. The molecule has 0 spiro atoms. The molecular formula is C17H10F3N5O2S2. The zero-order chi connectivity index (χ0) is 20.6. The van der Waals surface area contributed by atoms with Crippen molar-refractivity contribution in [3.8, 4) is 5.82 Å². The first-order chi connectivity index (χ1) is 13.8. The molecule has 0 amide bonds. The highest BCUT2D eigenvalue weighted by Gasteiger charge is 2.29. The molecule has 0 bridgehead atoms. The highest BCUT2D eigenvalue weighted by atomic mass is 32.2. The number of nitrogens with zero attached hydrogens (tertiary/aromatic N) is 4. The molecule has 3 heterocycles. The van der Waals surface area contributed by atoms with Gasteiger partial charge in [0.15, 0.2) is 16.6 Å². The number of H-pyrrole nitrogens is 1. The van der Waals surface area contributed by atoms with Gasteiger partial charge in [0, 0.05) is 11.8 Å². The van der Waals surface area contributed by atoms with Crippen LogP contribution in [0.25, 0.3) is 16.2 Å². The minimum absolute atomic E-state index is 0.173. The Balaban J connectivity index is 1.71. The summed E-state index contributed by atoms with van der Waals surface area (Å²) < 4.78 is 39.7. The first kappa shape index (κ1) is 19.3. The lowest BCUT2D eigenvalue weighted by atomic mass is 10.1. The molecule has 4 aromatic rings. The van der Waals surface area contributed by atoms with Crippen molar-refractivity contribution >= 4 is 33.4 Å². The van der Waals surface area contributed by atoms with Crippen molar-refractivity contribution in [3.63, 3.8) is 0 Å². The van der Waals surface area contributed by atoms with E-state index in [9.17, 15) is 22.8 Å². The second-order valence-electron chi connectivity index (χ2n) is 5.80. The summed E-state index contributed by atoms with van der Waals surface area (Å²) in [7, 11) is 0. The van der Waals surface area contributed by atoms with E-state index in [0.717, 1.165) is 35.2 Å². The molecule has 0 saturated carbocycles. The van der Waals surface area contributed by atoms with Crippen LogP contribution in [-0.2, 0) is 11.9 Å². The molecule has 0 atom stereocenters. The quantitative estimate of drug-likeness (QED) is 0.389. The van der Waals surface area contributed by atoms with E-state index < -0.39 is 22.9 Å². The minimum Gasteiger partial charge on any atom is -0.268 e. The van der Waals surface area contributed by atoms with E-state index in [4.69, 9.17) is 0 Å². The second-order valence-corrected chi connectivity index (χ2v) is 7.60. The van der Waals surface area contributed by atoms with Crippen LogP contribution < -0.4 is 11.1 Å². The van der Waals surface area contributed by atoms with Crippen LogP contribution in [0, 0.1) is 0 Å². The highest BCUT2D eigenvalue weighted by Crippen LogP contribution is 2.30. The predicted octanol–water partition coefficient (Wildman–Crippen LogP) is 3.24. The van der Waals surface area contributed by atoms with Crippen LogP contribution in [-0.4, -0.2) is 24.7 Å². The minimum atomic E-state index is -4.40. The number of benzene rings is 1. The van der Waals surface area contributed by atoms with Gasteiger partial charge in [0.2, 0.25) is 0 Å². The highest BCUT2D eigenvalue weighted by molar-refractivity contribution is 7.98. The van der Waals surface area contributed by atoms with Crippen molar-refractivity contribution < 1.29 is 13.2 Å². The number of halogens is 3. The van der Waals surface area contributed by atoms with Crippen LogP contribution in [0.1, 0.15) is 11.1 Å². The molecule has 7 nitrogen and oxygen atoms in total. The number of rotatable bonds is 4. The van der Waals surface area contributed by atoms with Gasteiger partial charge in [-0.1, -0.05) is 23.9 Å². The Labute approximate surface area is 168 Å². The van der Waals surface area contributed by atoms with Gasteiger partial charge in [0.05, 0.1) is 11.1 Å². The van der Waals surface area contributed by atoms with E-state index in [0.29, 0.717) is 10.3 Å². The molecule has 3 aromatic heterocycles. The number of thiazole rings is 1. The van der Waals surface area contributed by atoms with E-state index in [1.54, 1.807) is 0 Å². The fourth-order valence-electron chi connectivity index (χ4n) is 2.49. The van der Waals surface area contributed by atoms with Gasteiger partial charge in [-0.3, -0.25) is 9.59 Å². The topological polar surface area (TPSA) is 93.5 Å². The predicted molar refractivity (Wildman–Crippen MR) is 102 cm³/mol. The summed E-state index contributed by atoms with van der Waals surface area (Å²) in [5.74, 6) is 0.441. The summed E-state index contributed by atoms with van der Waals surface area (Å²) in [6.07, 6.45) is -4.40. The molecule has 0 aliphatic rings. The van der Waals surface area contributed by atoms with Crippen LogP contribution >= 0.6 is 23.1 Å². The second kappa shape index (κ2) is 7.44. The number of aromatic amines is 1. The van der Waals surface area contributed by atoms with Gasteiger partial charge in [0.1, 0.15) is 4.70 Å². The van der Waals surface area contributed by atoms with Crippen molar-refractivity contribution in [1.82, 2.24) is 24.7 Å². The molecule has 4 rings (SSSR count). The molecule has 29 heavy (non-hydrogen) atoms. The normalized spacial score (nSPS) is 11.8. The molecule has 0 saturated heterocycles. The van der Waals surface area contributed by atoms with E-state index in [1.165, 1.54) is 34.3 Å². The van der Waals surface area contributed by atoms with E-state index in [-0.39, 0.29) is 22.4 Å². The summed E-state index contributed by atoms with van der Waals surface area (Å²) in [5.41, 5.74) is 0.836. The maximum atomic E-state index is 12.9. The molecule has 1 aromatic carbocycles. The molecule has 0 radical (unpaired) electrons. The Morgan fingerprint density at radius 1 is 1.10 bits per heavy atom. The number of hydrogen-bond donors (Lipinski definition) is 1. The fraction of sp³-hybridized carbons (Fsp3) is 0.118. The van der Waals surface area contributed by atoms with Gasteiger partial charge in [-0.25, -0.2) is 19.6 Å². The van der Waals surface area contributed by atoms with Crippen molar-refractivity contribution in [1.29, 1.82) is 0 Å². The third-order valence-corrected chi connectivity index (χ3v) is 5.69. The maximum absolute atomic E-state index is 12.9. The third-order valence-electron chi connectivity index (χ3n) is 3.88. The average molecular weight is 437 g/mol. The third kappa shape index (κ3) is 3.93. The summed E-state index contributed by atoms with van der Waals surface area (Å²) in [6.45, 7) is 0. The van der Waals surface area contributed by atoms with Crippen molar-refractivity contribution in [3.05, 3.63) is 73.7 Å². The molecule has 0 aliphatic heterocycles. The molecule has 148 valence electrons. The van der Waals surface area contributed by atoms with Gasteiger partial charge < -0.3 is 0 Å². The van der Waals surface area contributed by atoms with E-state index in [1.807, 2.05) is 0 Å². The number of nitrogens with one attached hydrogen (secondary N) is 1.